The largest absolute Gasteiger partial charge is 0.496 e. The second kappa shape index (κ2) is 6.35. The summed E-state index contributed by atoms with van der Waals surface area (Å²) in [6, 6.07) is 5.80. The fraction of sp³-hybridized carbons (Fsp3) is 0.333. The summed E-state index contributed by atoms with van der Waals surface area (Å²) in [6.45, 7) is 4.17. The molecule has 0 N–H and O–H groups in total. The van der Waals surface area contributed by atoms with E-state index in [9.17, 15) is 0 Å². The molecule has 0 aliphatic carbocycles. The average molecular weight is 398 g/mol. The highest BCUT2D eigenvalue weighted by Gasteiger charge is 2.22. The Labute approximate surface area is 137 Å². The SMILES string of the molecule is COc1cc(OC)c(C(C)C)cc1-c1onc(C#N)c1I. The number of rotatable bonds is 4. The lowest BCUT2D eigenvalue weighted by Gasteiger charge is -2.16. The summed E-state index contributed by atoms with van der Waals surface area (Å²) in [5.41, 5.74) is 2.08. The molecule has 0 saturated heterocycles. The standard InChI is InChI=1S/C15H15IN2O3/c1-8(2)9-5-10(13(20-4)6-12(9)19-3)15-14(16)11(7-17)18-21-15/h5-6,8H,1-4H3. The Morgan fingerprint density at radius 2 is 1.90 bits per heavy atom. The van der Waals surface area contributed by atoms with Gasteiger partial charge in [-0.05, 0) is 40.1 Å². The first-order valence-corrected chi connectivity index (χ1v) is 7.42. The van der Waals surface area contributed by atoms with E-state index < -0.39 is 0 Å². The van der Waals surface area contributed by atoms with Crippen molar-refractivity contribution in [2.45, 2.75) is 19.8 Å². The summed E-state index contributed by atoms with van der Waals surface area (Å²) < 4.78 is 16.8. The number of ether oxygens (including phenoxy) is 2. The Morgan fingerprint density at radius 3 is 2.38 bits per heavy atom. The van der Waals surface area contributed by atoms with Gasteiger partial charge >= 0.3 is 0 Å². The molecule has 0 radical (unpaired) electrons. The van der Waals surface area contributed by atoms with Crippen LogP contribution in [0.1, 0.15) is 31.0 Å². The maximum atomic E-state index is 9.00. The van der Waals surface area contributed by atoms with Crippen LogP contribution in [0.3, 0.4) is 0 Å². The van der Waals surface area contributed by atoms with Crippen molar-refractivity contribution in [3.05, 3.63) is 27.0 Å². The van der Waals surface area contributed by atoms with Crippen molar-refractivity contribution in [1.82, 2.24) is 5.16 Å². The smallest absolute Gasteiger partial charge is 0.197 e. The normalized spacial score (nSPS) is 10.5. The zero-order valence-electron chi connectivity index (χ0n) is 12.2. The fourth-order valence-corrected chi connectivity index (χ4v) is 2.68. The van der Waals surface area contributed by atoms with E-state index in [-0.39, 0.29) is 11.6 Å². The molecule has 0 unspecified atom stereocenters. The molecule has 5 nitrogen and oxygen atoms in total. The number of aromatic nitrogens is 1. The maximum absolute atomic E-state index is 9.00. The monoisotopic (exact) mass is 398 g/mol. The third-order valence-electron chi connectivity index (χ3n) is 3.16. The molecule has 0 atom stereocenters. The van der Waals surface area contributed by atoms with Crippen molar-refractivity contribution >= 4 is 22.6 Å². The Balaban J connectivity index is 2.69. The van der Waals surface area contributed by atoms with Gasteiger partial charge in [-0.25, -0.2) is 0 Å². The first-order valence-electron chi connectivity index (χ1n) is 6.35. The second-order valence-corrected chi connectivity index (χ2v) is 5.81. The van der Waals surface area contributed by atoms with Crippen LogP contribution in [0.25, 0.3) is 11.3 Å². The molecule has 6 heteroatoms. The highest BCUT2D eigenvalue weighted by Crippen LogP contribution is 2.40. The Morgan fingerprint density at radius 1 is 1.24 bits per heavy atom. The van der Waals surface area contributed by atoms with Crippen molar-refractivity contribution < 1.29 is 14.0 Å². The molecule has 2 rings (SSSR count). The van der Waals surface area contributed by atoms with Gasteiger partial charge in [0.2, 0.25) is 0 Å². The minimum absolute atomic E-state index is 0.273. The lowest BCUT2D eigenvalue weighted by molar-refractivity contribution is 0.387. The van der Waals surface area contributed by atoms with Crippen LogP contribution in [0.15, 0.2) is 16.7 Å². The van der Waals surface area contributed by atoms with E-state index in [0.717, 1.165) is 16.9 Å². The molecule has 1 heterocycles. The first-order chi connectivity index (χ1) is 10.0. The van der Waals surface area contributed by atoms with Crippen LogP contribution in [0.2, 0.25) is 0 Å². The van der Waals surface area contributed by atoms with Gasteiger partial charge in [0.25, 0.3) is 0 Å². The lowest BCUT2D eigenvalue weighted by Crippen LogP contribution is -1.98. The zero-order valence-corrected chi connectivity index (χ0v) is 14.4. The topological polar surface area (TPSA) is 68.3 Å². The van der Waals surface area contributed by atoms with E-state index in [4.69, 9.17) is 19.3 Å². The van der Waals surface area contributed by atoms with E-state index in [1.54, 1.807) is 14.2 Å². The molecule has 0 fully saturated rings. The van der Waals surface area contributed by atoms with Gasteiger partial charge in [0.05, 0.1) is 23.4 Å². The Hall–Kier alpha value is -1.75. The van der Waals surface area contributed by atoms with Crippen LogP contribution < -0.4 is 9.47 Å². The number of nitrogens with zero attached hydrogens (tertiary/aromatic N) is 2. The van der Waals surface area contributed by atoms with Crippen LogP contribution in [0.4, 0.5) is 0 Å². The maximum Gasteiger partial charge on any atom is 0.197 e. The summed E-state index contributed by atoms with van der Waals surface area (Å²) >= 11 is 2.05. The van der Waals surface area contributed by atoms with E-state index in [1.807, 2.05) is 18.2 Å². The molecule has 0 bridgehead atoms. The minimum Gasteiger partial charge on any atom is -0.496 e. The highest BCUT2D eigenvalue weighted by molar-refractivity contribution is 14.1. The highest BCUT2D eigenvalue weighted by atomic mass is 127. The van der Waals surface area contributed by atoms with Crippen LogP contribution in [0, 0.1) is 14.9 Å². The van der Waals surface area contributed by atoms with E-state index in [1.165, 1.54) is 0 Å². The summed E-state index contributed by atoms with van der Waals surface area (Å²) in [5, 5.41) is 12.8. The molecule has 1 aromatic heterocycles. The fourth-order valence-electron chi connectivity index (χ4n) is 2.07. The van der Waals surface area contributed by atoms with Crippen molar-refractivity contribution in [3.63, 3.8) is 0 Å². The van der Waals surface area contributed by atoms with Crippen LogP contribution >= 0.6 is 22.6 Å². The second-order valence-electron chi connectivity index (χ2n) is 4.74. The third-order valence-corrected chi connectivity index (χ3v) is 4.16. The van der Waals surface area contributed by atoms with Crippen LogP contribution in [-0.4, -0.2) is 19.4 Å². The average Bonchev–Trinajstić information content (AvgIpc) is 2.86. The predicted molar refractivity (Wildman–Crippen MR) is 86.6 cm³/mol. The van der Waals surface area contributed by atoms with E-state index in [2.05, 4.69) is 41.6 Å². The molecule has 0 aliphatic heterocycles. The summed E-state index contributed by atoms with van der Waals surface area (Å²) in [4.78, 5) is 0. The summed E-state index contributed by atoms with van der Waals surface area (Å²) in [7, 11) is 3.22. The van der Waals surface area contributed by atoms with Gasteiger partial charge in [-0.15, -0.1) is 0 Å². The number of methoxy groups -OCH3 is 2. The number of hydrogen-bond donors (Lipinski definition) is 0. The quantitative estimate of drug-likeness (QED) is 0.730. The predicted octanol–water partition coefficient (Wildman–Crippen LogP) is 3.96. The molecule has 1 aromatic carbocycles. The first kappa shape index (κ1) is 15.6. The molecular weight excluding hydrogens is 383 g/mol. The van der Waals surface area contributed by atoms with Crippen molar-refractivity contribution in [1.29, 1.82) is 5.26 Å². The summed E-state index contributed by atoms with van der Waals surface area (Å²) in [6.07, 6.45) is 0. The molecule has 0 amide bonds. The van der Waals surface area contributed by atoms with Crippen molar-refractivity contribution in [3.8, 4) is 28.9 Å². The zero-order chi connectivity index (χ0) is 15.6. The molecule has 0 spiro atoms. The van der Waals surface area contributed by atoms with Gasteiger partial charge in [0, 0.05) is 6.07 Å². The van der Waals surface area contributed by atoms with Crippen LogP contribution in [0.5, 0.6) is 11.5 Å². The molecule has 21 heavy (non-hydrogen) atoms. The number of nitriles is 1. The molecular formula is C15H15IN2O3. The molecule has 110 valence electrons. The van der Waals surface area contributed by atoms with Crippen molar-refractivity contribution in [2.24, 2.45) is 0 Å². The third kappa shape index (κ3) is 2.83. The van der Waals surface area contributed by atoms with Gasteiger partial charge in [-0.1, -0.05) is 19.0 Å². The molecule has 2 aromatic rings. The molecule has 0 saturated carbocycles. The summed E-state index contributed by atoms with van der Waals surface area (Å²) in [5.74, 6) is 2.20. The van der Waals surface area contributed by atoms with E-state index in [0.29, 0.717) is 15.1 Å². The lowest BCUT2D eigenvalue weighted by atomic mass is 9.97. The Bertz CT molecular complexity index is 702. The van der Waals surface area contributed by atoms with Gasteiger partial charge in [0.15, 0.2) is 11.5 Å². The Kier molecular flexibility index (Phi) is 4.73. The van der Waals surface area contributed by atoms with E-state index >= 15 is 0 Å². The van der Waals surface area contributed by atoms with Gasteiger partial charge in [-0.2, -0.15) is 5.26 Å². The number of benzene rings is 1. The molecule has 0 aliphatic rings. The minimum atomic E-state index is 0.273. The number of halogens is 1. The van der Waals surface area contributed by atoms with Crippen LogP contribution in [-0.2, 0) is 0 Å². The van der Waals surface area contributed by atoms with Crippen molar-refractivity contribution in [2.75, 3.05) is 14.2 Å². The number of hydrogen-bond acceptors (Lipinski definition) is 5. The van der Waals surface area contributed by atoms with Gasteiger partial charge < -0.3 is 14.0 Å². The van der Waals surface area contributed by atoms with Gasteiger partial charge in [-0.3, -0.25) is 0 Å². The van der Waals surface area contributed by atoms with Gasteiger partial charge in [0.1, 0.15) is 17.6 Å².